The smallest absolute Gasteiger partial charge is 0.410 e. The first kappa shape index (κ1) is 14.8. The molecule has 1 saturated carbocycles. The first-order valence-electron chi connectivity index (χ1n) is 7.42. The molecule has 0 aliphatic heterocycles. The van der Waals surface area contributed by atoms with E-state index in [1.165, 1.54) is 26.0 Å². The Morgan fingerprint density at radius 1 is 1.55 bits per heavy atom. The Balaban J connectivity index is 1.88. The number of ketones is 1. The minimum absolute atomic E-state index is 0.136. The van der Waals surface area contributed by atoms with E-state index < -0.39 is 7.05 Å². The van der Waals surface area contributed by atoms with Gasteiger partial charge >= 0.3 is 7.05 Å². The molecule has 0 amide bonds. The largest absolute Gasteiger partial charge is 0.444 e. The summed E-state index contributed by atoms with van der Waals surface area (Å²) in [6.45, 7) is 3.97. The van der Waals surface area contributed by atoms with Gasteiger partial charge in [0.1, 0.15) is 17.8 Å². The quantitative estimate of drug-likeness (QED) is 0.651. The van der Waals surface area contributed by atoms with Gasteiger partial charge in [-0.1, -0.05) is 0 Å². The van der Waals surface area contributed by atoms with Crippen LogP contribution < -0.4 is 4.81 Å². The number of anilines is 1. The average Bonchev–Trinajstić information content (AvgIpc) is 3.17. The summed E-state index contributed by atoms with van der Waals surface area (Å²) < 4.78 is 5.36. The van der Waals surface area contributed by atoms with Crippen molar-refractivity contribution in [2.24, 2.45) is 5.92 Å². The van der Waals surface area contributed by atoms with Gasteiger partial charge in [0, 0.05) is 25.2 Å². The molecule has 0 atom stereocenters. The maximum atomic E-state index is 11.3. The van der Waals surface area contributed by atoms with E-state index in [-0.39, 0.29) is 5.78 Å². The Bertz CT molecular complexity index is 682. The first-order chi connectivity index (χ1) is 10.5. The van der Waals surface area contributed by atoms with Gasteiger partial charge < -0.3 is 14.3 Å². The van der Waals surface area contributed by atoms with Gasteiger partial charge in [-0.3, -0.25) is 4.79 Å². The van der Waals surface area contributed by atoms with Crippen molar-refractivity contribution in [2.45, 2.75) is 26.6 Å². The zero-order valence-electron chi connectivity index (χ0n) is 12.7. The van der Waals surface area contributed by atoms with E-state index in [9.17, 15) is 9.82 Å². The second-order valence-corrected chi connectivity index (χ2v) is 5.72. The molecule has 2 heterocycles. The Hall–Kier alpha value is -2.15. The number of aromatic nitrogens is 2. The van der Waals surface area contributed by atoms with Gasteiger partial charge in [0.05, 0.1) is 0 Å². The van der Waals surface area contributed by atoms with Gasteiger partial charge in [0.2, 0.25) is 5.89 Å². The van der Waals surface area contributed by atoms with Gasteiger partial charge in [-0.25, -0.2) is 9.97 Å². The third-order valence-corrected chi connectivity index (χ3v) is 3.75. The number of rotatable bonds is 6. The monoisotopic (exact) mass is 299 g/mol. The van der Waals surface area contributed by atoms with Gasteiger partial charge in [0.15, 0.2) is 5.78 Å². The normalized spacial score (nSPS) is 14.0. The fourth-order valence-corrected chi connectivity index (χ4v) is 2.29. The van der Waals surface area contributed by atoms with Crippen LogP contribution in [-0.4, -0.2) is 34.4 Å². The third-order valence-electron chi connectivity index (χ3n) is 3.75. The molecule has 7 heteroatoms. The molecule has 0 aromatic carbocycles. The molecule has 114 valence electrons. The summed E-state index contributed by atoms with van der Waals surface area (Å²) >= 11 is 0. The molecule has 0 saturated heterocycles. The fraction of sp³-hybridized carbons (Fsp3) is 0.400. The van der Waals surface area contributed by atoms with Crippen LogP contribution >= 0.6 is 0 Å². The van der Waals surface area contributed by atoms with Crippen LogP contribution in [0.15, 0.2) is 29.0 Å². The SMILES string of the molecule is CB(O)N(CC1CC1)c1cc(-c2nc(C(C)=O)co2)ccn1. The van der Waals surface area contributed by atoms with Crippen molar-refractivity contribution >= 4 is 18.7 Å². The average molecular weight is 299 g/mol. The molecule has 1 aliphatic carbocycles. The summed E-state index contributed by atoms with van der Waals surface area (Å²) in [4.78, 5) is 21.7. The van der Waals surface area contributed by atoms with Crippen LogP contribution in [0.5, 0.6) is 0 Å². The molecule has 2 aromatic rings. The van der Waals surface area contributed by atoms with E-state index in [1.807, 2.05) is 10.9 Å². The number of oxazole rings is 1. The molecule has 1 fully saturated rings. The van der Waals surface area contributed by atoms with E-state index in [0.717, 1.165) is 12.1 Å². The van der Waals surface area contributed by atoms with Crippen LogP contribution in [0, 0.1) is 5.92 Å². The maximum absolute atomic E-state index is 11.3. The van der Waals surface area contributed by atoms with Gasteiger partial charge in [-0.2, -0.15) is 0 Å². The number of hydrogen-bond donors (Lipinski definition) is 1. The molecular formula is C15H18BN3O3. The molecule has 2 aromatic heterocycles. The lowest BCUT2D eigenvalue weighted by molar-refractivity contribution is 0.101. The highest BCUT2D eigenvalue weighted by atomic mass is 16.3. The molecule has 0 unspecified atom stereocenters. The van der Waals surface area contributed by atoms with Gasteiger partial charge in [-0.15, -0.1) is 0 Å². The van der Waals surface area contributed by atoms with Crippen LogP contribution in [0.1, 0.15) is 30.3 Å². The number of nitrogens with zero attached hydrogens (tertiary/aromatic N) is 3. The summed E-state index contributed by atoms with van der Waals surface area (Å²) in [5.74, 6) is 1.56. The van der Waals surface area contributed by atoms with Crippen molar-refractivity contribution in [1.82, 2.24) is 9.97 Å². The van der Waals surface area contributed by atoms with Crippen molar-refractivity contribution in [3.63, 3.8) is 0 Å². The Labute approximate surface area is 129 Å². The van der Waals surface area contributed by atoms with Crippen LogP contribution in [-0.2, 0) is 0 Å². The molecule has 0 bridgehead atoms. The summed E-state index contributed by atoms with van der Waals surface area (Å²) in [6, 6.07) is 3.60. The van der Waals surface area contributed by atoms with E-state index in [1.54, 1.807) is 19.1 Å². The summed E-state index contributed by atoms with van der Waals surface area (Å²) in [7, 11) is -0.610. The van der Waals surface area contributed by atoms with Crippen molar-refractivity contribution in [3.05, 3.63) is 30.3 Å². The lowest BCUT2D eigenvalue weighted by atomic mass is 9.84. The Morgan fingerprint density at radius 3 is 2.91 bits per heavy atom. The van der Waals surface area contributed by atoms with Crippen LogP contribution in [0.2, 0.25) is 6.82 Å². The highest BCUT2D eigenvalue weighted by Crippen LogP contribution is 2.32. The van der Waals surface area contributed by atoms with Crippen molar-refractivity contribution in [3.8, 4) is 11.5 Å². The summed E-state index contributed by atoms with van der Waals surface area (Å²) in [5, 5.41) is 9.98. The maximum Gasteiger partial charge on any atom is 0.410 e. The molecule has 0 spiro atoms. The van der Waals surface area contributed by atoms with Crippen LogP contribution in [0.4, 0.5) is 5.82 Å². The molecule has 6 nitrogen and oxygen atoms in total. The third kappa shape index (κ3) is 3.19. The van der Waals surface area contributed by atoms with Gasteiger partial charge in [-0.05, 0) is 37.7 Å². The zero-order chi connectivity index (χ0) is 15.7. The molecule has 1 aliphatic rings. The second kappa shape index (κ2) is 5.92. The number of Topliss-reactive ketones (excluding diaryl/α,β-unsaturated/α-hetero) is 1. The summed E-state index contributed by atoms with van der Waals surface area (Å²) in [6.07, 6.45) is 5.41. The molecular weight excluding hydrogens is 281 g/mol. The van der Waals surface area contributed by atoms with Crippen LogP contribution in [0.25, 0.3) is 11.5 Å². The first-order valence-corrected chi connectivity index (χ1v) is 7.42. The molecule has 3 rings (SSSR count). The van der Waals surface area contributed by atoms with Gasteiger partial charge in [0.25, 0.3) is 0 Å². The highest BCUT2D eigenvalue weighted by molar-refractivity contribution is 6.53. The predicted molar refractivity (Wildman–Crippen MR) is 83.6 cm³/mol. The molecule has 22 heavy (non-hydrogen) atoms. The second-order valence-electron chi connectivity index (χ2n) is 5.72. The number of carbonyl (C=O) groups is 1. The zero-order valence-corrected chi connectivity index (χ0v) is 12.7. The lowest BCUT2D eigenvalue weighted by Crippen LogP contribution is -2.39. The number of pyridine rings is 1. The number of hydrogen-bond acceptors (Lipinski definition) is 6. The number of carbonyl (C=O) groups excluding carboxylic acids is 1. The van der Waals surface area contributed by atoms with E-state index in [0.29, 0.717) is 23.3 Å². The van der Waals surface area contributed by atoms with Crippen molar-refractivity contribution in [1.29, 1.82) is 0 Å². The molecule has 0 radical (unpaired) electrons. The highest BCUT2D eigenvalue weighted by Gasteiger charge is 2.28. The van der Waals surface area contributed by atoms with E-state index in [4.69, 9.17) is 4.42 Å². The fourth-order valence-electron chi connectivity index (χ4n) is 2.29. The summed E-state index contributed by atoms with van der Waals surface area (Å²) in [5.41, 5.74) is 1.04. The minimum Gasteiger partial charge on any atom is -0.444 e. The Morgan fingerprint density at radius 2 is 2.32 bits per heavy atom. The predicted octanol–water partition coefficient (Wildman–Crippen LogP) is 2.27. The van der Waals surface area contributed by atoms with Crippen molar-refractivity contribution < 1.29 is 14.2 Å². The Kier molecular flexibility index (Phi) is 3.98. The van der Waals surface area contributed by atoms with Crippen molar-refractivity contribution in [2.75, 3.05) is 11.4 Å². The van der Waals surface area contributed by atoms with E-state index in [2.05, 4.69) is 9.97 Å². The van der Waals surface area contributed by atoms with Crippen LogP contribution in [0.3, 0.4) is 0 Å². The topological polar surface area (TPSA) is 79.5 Å². The minimum atomic E-state index is -0.610. The standard InChI is InChI=1S/C15H18BN3O3/c1-10(20)13-9-22-15(18-13)12-5-6-17-14(7-12)19(16(2)21)8-11-3-4-11/h5-7,9,11,21H,3-4,8H2,1-2H3. The van der Waals surface area contributed by atoms with E-state index >= 15 is 0 Å². The molecule has 1 N–H and O–H groups in total. The lowest BCUT2D eigenvalue weighted by Gasteiger charge is -2.24.